The van der Waals surface area contributed by atoms with E-state index < -0.39 is 0 Å². The zero-order valence-corrected chi connectivity index (χ0v) is 11.9. The van der Waals surface area contributed by atoms with E-state index in [0.29, 0.717) is 12.0 Å². The van der Waals surface area contributed by atoms with Crippen LogP contribution in [0.5, 0.6) is 0 Å². The van der Waals surface area contributed by atoms with E-state index in [1.54, 1.807) is 0 Å². The van der Waals surface area contributed by atoms with Crippen LogP contribution in [0.3, 0.4) is 0 Å². The average molecular weight is 246 g/mol. The lowest BCUT2D eigenvalue weighted by atomic mass is 9.90. The minimum Gasteiger partial charge on any atom is -0.326 e. The van der Waals surface area contributed by atoms with E-state index in [0.717, 1.165) is 13.0 Å². The molecule has 0 saturated carbocycles. The summed E-state index contributed by atoms with van der Waals surface area (Å²) in [4.78, 5) is 2.57. The molecule has 0 aliphatic carbocycles. The van der Waals surface area contributed by atoms with Gasteiger partial charge in [-0.25, -0.2) is 0 Å². The molecule has 0 radical (unpaired) electrons. The minimum absolute atomic E-state index is 0.278. The number of likely N-dealkylation sites (tertiary alicyclic amines) is 1. The van der Waals surface area contributed by atoms with Gasteiger partial charge in [-0.05, 0) is 37.8 Å². The predicted molar refractivity (Wildman–Crippen MR) is 77.5 cm³/mol. The third-order valence-electron chi connectivity index (χ3n) is 3.80. The zero-order valence-electron chi connectivity index (χ0n) is 11.9. The van der Waals surface area contributed by atoms with Gasteiger partial charge in [0, 0.05) is 18.6 Å². The number of nitrogens with zero attached hydrogens (tertiary/aromatic N) is 1. The van der Waals surface area contributed by atoms with Gasteiger partial charge in [0.15, 0.2) is 0 Å². The molecule has 0 spiro atoms. The van der Waals surface area contributed by atoms with Gasteiger partial charge in [-0.15, -0.1) is 0 Å². The maximum atomic E-state index is 6.37. The molecular weight excluding hydrogens is 220 g/mol. The molecule has 2 rings (SSSR count). The van der Waals surface area contributed by atoms with E-state index in [9.17, 15) is 0 Å². The van der Waals surface area contributed by atoms with Crippen LogP contribution in [0.2, 0.25) is 0 Å². The molecule has 2 N–H and O–H groups in total. The van der Waals surface area contributed by atoms with Gasteiger partial charge in [0.05, 0.1) is 0 Å². The highest BCUT2D eigenvalue weighted by molar-refractivity contribution is 5.25. The lowest BCUT2D eigenvalue weighted by Crippen LogP contribution is -2.47. The third-order valence-corrected chi connectivity index (χ3v) is 3.80. The Bertz CT molecular complexity index is 369. The molecule has 1 fully saturated rings. The van der Waals surface area contributed by atoms with Gasteiger partial charge in [-0.1, -0.05) is 43.7 Å². The summed E-state index contributed by atoms with van der Waals surface area (Å²) in [5.41, 5.74) is 9.07. The van der Waals surface area contributed by atoms with Crippen LogP contribution < -0.4 is 5.73 Å². The fourth-order valence-electron chi connectivity index (χ4n) is 2.99. The fraction of sp³-hybridized carbons (Fsp3) is 0.625. The van der Waals surface area contributed by atoms with Gasteiger partial charge < -0.3 is 5.73 Å². The molecule has 2 heteroatoms. The van der Waals surface area contributed by atoms with E-state index in [1.807, 2.05) is 0 Å². The molecule has 100 valence electrons. The van der Waals surface area contributed by atoms with Gasteiger partial charge in [0.2, 0.25) is 0 Å². The number of hydrogen-bond acceptors (Lipinski definition) is 2. The first-order chi connectivity index (χ1) is 8.58. The van der Waals surface area contributed by atoms with E-state index in [1.165, 1.54) is 24.1 Å². The van der Waals surface area contributed by atoms with Crippen molar-refractivity contribution in [3.8, 4) is 0 Å². The number of benzene rings is 1. The Morgan fingerprint density at radius 3 is 2.56 bits per heavy atom. The molecule has 0 amide bonds. The van der Waals surface area contributed by atoms with Crippen LogP contribution in [0.4, 0.5) is 0 Å². The molecule has 1 heterocycles. The van der Waals surface area contributed by atoms with Crippen molar-refractivity contribution in [2.24, 2.45) is 11.7 Å². The van der Waals surface area contributed by atoms with Crippen molar-refractivity contribution in [2.75, 3.05) is 13.1 Å². The smallest absolute Gasteiger partial charge is 0.0499 e. The molecule has 0 aromatic heterocycles. The van der Waals surface area contributed by atoms with E-state index >= 15 is 0 Å². The standard InChI is InChI=1S/C16H26N2/c1-12(2)11-18-10-4-5-15(17)16(18)14-8-6-13(3)7-9-14/h6-9,12,15-16H,4-5,10-11,17H2,1-3H3. The molecule has 2 unspecified atom stereocenters. The minimum atomic E-state index is 0.278. The monoisotopic (exact) mass is 246 g/mol. The highest BCUT2D eigenvalue weighted by Crippen LogP contribution is 2.30. The van der Waals surface area contributed by atoms with Crippen LogP contribution in [0.1, 0.15) is 43.9 Å². The highest BCUT2D eigenvalue weighted by Gasteiger charge is 2.30. The van der Waals surface area contributed by atoms with Crippen LogP contribution in [0.25, 0.3) is 0 Å². The van der Waals surface area contributed by atoms with Crippen molar-refractivity contribution in [1.29, 1.82) is 0 Å². The topological polar surface area (TPSA) is 29.3 Å². The molecule has 1 aliphatic rings. The summed E-state index contributed by atoms with van der Waals surface area (Å²) in [5.74, 6) is 0.697. The first kappa shape index (κ1) is 13.6. The van der Waals surface area contributed by atoms with Crippen molar-refractivity contribution < 1.29 is 0 Å². The van der Waals surface area contributed by atoms with Crippen molar-refractivity contribution in [1.82, 2.24) is 4.90 Å². The highest BCUT2D eigenvalue weighted by atomic mass is 15.2. The summed E-state index contributed by atoms with van der Waals surface area (Å²) < 4.78 is 0. The molecule has 1 aromatic carbocycles. The Kier molecular flexibility index (Phi) is 4.41. The number of piperidine rings is 1. The number of aryl methyl sites for hydroxylation is 1. The Balaban J connectivity index is 2.21. The summed E-state index contributed by atoms with van der Waals surface area (Å²) in [6.07, 6.45) is 2.38. The second kappa shape index (κ2) is 5.85. The van der Waals surface area contributed by atoms with Crippen LogP contribution in [0.15, 0.2) is 24.3 Å². The second-order valence-corrected chi connectivity index (χ2v) is 6.05. The average Bonchev–Trinajstić information content (AvgIpc) is 2.30. The summed E-state index contributed by atoms with van der Waals surface area (Å²) in [6, 6.07) is 9.58. The van der Waals surface area contributed by atoms with Crippen molar-refractivity contribution in [3.05, 3.63) is 35.4 Å². The summed E-state index contributed by atoms with van der Waals surface area (Å²) in [6.45, 7) is 9.03. The van der Waals surface area contributed by atoms with E-state index in [2.05, 4.69) is 49.9 Å². The molecule has 1 aliphatic heterocycles. The maximum absolute atomic E-state index is 6.37. The Morgan fingerprint density at radius 1 is 1.28 bits per heavy atom. The van der Waals surface area contributed by atoms with E-state index in [-0.39, 0.29) is 6.04 Å². The fourth-order valence-corrected chi connectivity index (χ4v) is 2.99. The van der Waals surface area contributed by atoms with Crippen LogP contribution in [-0.2, 0) is 0 Å². The first-order valence-corrected chi connectivity index (χ1v) is 7.14. The normalized spacial score (nSPS) is 25.6. The van der Waals surface area contributed by atoms with Gasteiger partial charge in [0.1, 0.15) is 0 Å². The van der Waals surface area contributed by atoms with Crippen LogP contribution in [-0.4, -0.2) is 24.0 Å². The largest absolute Gasteiger partial charge is 0.326 e. The summed E-state index contributed by atoms with van der Waals surface area (Å²) in [7, 11) is 0. The molecule has 0 bridgehead atoms. The predicted octanol–water partition coefficient (Wildman–Crippen LogP) is 3.12. The number of nitrogens with two attached hydrogens (primary N) is 1. The quantitative estimate of drug-likeness (QED) is 0.888. The number of rotatable bonds is 3. The Labute approximate surface area is 111 Å². The Hall–Kier alpha value is -0.860. The van der Waals surface area contributed by atoms with Gasteiger partial charge in [-0.3, -0.25) is 4.90 Å². The van der Waals surface area contributed by atoms with Crippen LogP contribution in [0, 0.1) is 12.8 Å². The van der Waals surface area contributed by atoms with Crippen molar-refractivity contribution in [2.45, 2.75) is 45.7 Å². The molecule has 1 saturated heterocycles. The summed E-state index contributed by atoms with van der Waals surface area (Å²) >= 11 is 0. The van der Waals surface area contributed by atoms with Gasteiger partial charge >= 0.3 is 0 Å². The SMILES string of the molecule is Cc1ccc(C2C(N)CCCN2CC(C)C)cc1. The maximum Gasteiger partial charge on any atom is 0.0499 e. The lowest BCUT2D eigenvalue weighted by Gasteiger charge is -2.41. The van der Waals surface area contributed by atoms with E-state index in [4.69, 9.17) is 5.73 Å². The molecule has 18 heavy (non-hydrogen) atoms. The number of hydrogen-bond donors (Lipinski definition) is 1. The molecular formula is C16H26N2. The van der Waals surface area contributed by atoms with Crippen LogP contribution >= 0.6 is 0 Å². The third kappa shape index (κ3) is 3.12. The van der Waals surface area contributed by atoms with Gasteiger partial charge in [0.25, 0.3) is 0 Å². The molecule has 1 aromatic rings. The van der Waals surface area contributed by atoms with Crippen molar-refractivity contribution in [3.63, 3.8) is 0 Å². The second-order valence-electron chi connectivity index (χ2n) is 6.05. The zero-order chi connectivity index (χ0) is 13.1. The lowest BCUT2D eigenvalue weighted by molar-refractivity contribution is 0.114. The van der Waals surface area contributed by atoms with Crippen molar-refractivity contribution >= 4 is 0 Å². The van der Waals surface area contributed by atoms with Gasteiger partial charge in [-0.2, -0.15) is 0 Å². The molecule has 2 nitrogen and oxygen atoms in total. The summed E-state index contributed by atoms with van der Waals surface area (Å²) in [5, 5.41) is 0. The Morgan fingerprint density at radius 2 is 1.94 bits per heavy atom. The first-order valence-electron chi connectivity index (χ1n) is 7.14. The molecule has 2 atom stereocenters.